The molecule has 0 saturated carbocycles. The first-order valence-electron chi connectivity index (χ1n) is 7.51. The molecule has 0 spiro atoms. The number of nitrogens with two attached hydrogens (primary N) is 1. The Balaban J connectivity index is 2.09. The number of hydrogen-bond donors (Lipinski definition) is 1. The SMILES string of the molecule is CCCCCCN1CCCN(CCCN)CC1. The van der Waals surface area contributed by atoms with E-state index in [1.165, 1.54) is 71.4 Å². The van der Waals surface area contributed by atoms with Gasteiger partial charge in [0.15, 0.2) is 0 Å². The van der Waals surface area contributed by atoms with E-state index in [0.717, 1.165) is 13.0 Å². The first-order valence-corrected chi connectivity index (χ1v) is 7.51. The van der Waals surface area contributed by atoms with Crippen molar-refractivity contribution in [3.63, 3.8) is 0 Å². The van der Waals surface area contributed by atoms with Gasteiger partial charge < -0.3 is 15.5 Å². The molecule has 102 valence electrons. The van der Waals surface area contributed by atoms with Gasteiger partial charge in [-0.2, -0.15) is 0 Å². The molecule has 0 unspecified atom stereocenters. The van der Waals surface area contributed by atoms with Crippen LogP contribution in [0.3, 0.4) is 0 Å². The summed E-state index contributed by atoms with van der Waals surface area (Å²) in [4.78, 5) is 5.23. The van der Waals surface area contributed by atoms with Crippen LogP contribution in [0, 0.1) is 0 Å². The maximum absolute atomic E-state index is 5.57. The summed E-state index contributed by atoms with van der Waals surface area (Å²) >= 11 is 0. The molecule has 1 rings (SSSR count). The second kappa shape index (κ2) is 9.86. The monoisotopic (exact) mass is 241 g/mol. The van der Waals surface area contributed by atoms with Crippen LogP contribution in [-0.2, 0) is 0 Å². The van der Waals surface area contributed by atoms with Crippen molar-refractivity contribution < 1.29 is 0 Å². The molecule has 3 nitrogen and oxygen atoms in total. The molecule has 0 atom stereocenters. The lowest BCUT2D eigenvalue weighted by molar-refractivity contribution is 0.252. The lowest BCUT2D eigenvalue weighted by atomic mass is 10.2. The minimum absolute atomic E-state index is 0.831. The van der Waals surface area contributed by atoms with Gasteiger partial charge in [0.05, 0.1) is 0 Å². The summed E-state index contributed by atoms with van der Waals surface area (Å²) in [5.74, 6) is 0. The minimum Gasteiger partial charge on any atom is -0.330 e. The number of rotatable bonds is 8. The molecule has 1 fully saturated rings. The molecule has 1 aliphatic rings. The highest BCUT2D eigenvalue weighted by molar-refractivity contribution is 4.69. The number of nitrogens with zero attached hydrogens (tertiary/aromatic N) is 2. The molecule has 0 aliphatic carbocycles. The predicted molar refractivity (Wildman–Crippen MR) is 75.3 cm³/mol. The van der Waals surface area contributed by atoms with E-state index < -0.39 is 0 Å². The Labute approximate surface area is 107 Å². The summed E-state index contributed by atoms with van der Waals surface area (Å²) < 4.78 is 0. The van der Waals surface area contributed by atoms with E-state index in [0.29, 0.717) is 0 Å². The average molecular weight is 241 g/mol. The summed E-state index contributed by atoms with van der Waals surface area (Å²) in [5, 5.41) is 0. The fourth-order valence-corrected chi connectivity index (χ4v) is 2.55. The van der Waals surface area contributed by atoms with Gasteiger partial charge in [0.1, 0.15) is 0 Å². The third-order valence-electron chi connectivity index (χ3n) is 3.69. The van der Waals surface area contributed by atoms with E-state index in [1.807, 2.05) is 0 Å². The highest BCUT2D eigenvalue weighted by Gasteiger charge is 2.13. The smallest absolute Gasteiger partial charge is 0.0109 e. The molecule has 3 heteroatoms. The Hall–Kier alpha value is -0.120. The van der Waals surface area contributed by atoms with Crippen LogP contribution in [0.5, 0.6) is 0 Å². The average Bonchev–Trinajstić information content (AvgIpc) is 2.57. The van der Waals surface area contributed by atoms with Crippen LogP contribution in [0.2, 0.25) is 0 Å². The molecule has 2 N–H and O–H groups in total. The molecule has 0 amide bonds. The van der Waals surface area contributed by atoms with Crippen LogP contribution in [0.4, 0.5) is 0 Å². The molecule has 0 aromatic carbocycles. The molecule has 1 aliphatic heterocycles. The summed E-state index contributed by atoms with van der Waals surface area (Å²) in [5.41, 5.74) is 5.57. The van der Waals surface area contributed by atoms with Crippen LogP contribution in [0.15, 0.2) is 0 Å². The molecule has 0 aromatic heterocycles. The zero-order valence-electron chi connectivity index (χ0n) is 11.7. The van der Waals surface area contributed by atoms with Crippen LogP contribution in [0.25, 0.3) is 0 Å². The first kappa shape index (κ1) is 14.9. The highest BCUT2D eigenvalue weighted by atomic mass is 15.2. The van der Waals surface area contributed by atoms with E-state index in [-0.39, 0.29) is 0 Å². The lowest BCUT2D eigenvalue weighted by Gasteiger charge is -2.21. The molecule has 0 aromatic rings. The third-order valence-corrected chi connectivity index (χ3v) is 3.69. The lowest BCUT2D eigenvalue weighted by Crippen LogP contribution is -2.32. The number of unbranched alkanes of at least 4 members (excludes halogenated alkanes) is 3. The Morgan fingerprint density at radius 1 is 0.824 bits per heavy atom. The molecule has 17 heavy (non-hydrogen) atoms. The molecule has 0 radical (unpaired) electrons. The van der Waals surface area contributed by atoms with Crippen LogP contribution in [0.1, 0.15) is 45.4 Å². The van der Waals surface area contributed by atoms with E-state index in [4.69, 9.17) is 5.73 Å². The topological polar surface area (TPSA) is 32.5 Å². The summed E-state index contributed by atoms with van der Waals surface area (Å²) in [7, 11) is 0. The second-order valence-corrected chi connectivity index (χ2v) is 5.24. The van der Waals surface area contributed by atoms with Gasteiger partial charge in [-0.3, -0.25) is 0 Å². The van der Waals surface area contributed by atoms with Crippen molar-refractivity contribution in [3.8, 4) is 0 Å². The van der Waals surface area contributed by atoms with Gasteiger partial charge in [0.25, 0.3) is 0 Å². The van der Waals surface area contributed by atoms with E-state index in [1.54, 1.807) is 0 Å². The first-order chi connectivity index (χ1) is 8.36. The van der Waals surface area contributed by atoms with Gasteiger partial charge in [0.2, 0.25) is 0 Å². The van der Waals surface area contributed by atoms with Crippen LogP contribution < -0.4 is 5.73 Å². The Morgan fingerprint density at radius 2 is 1.47 bits per heavy atom. The van der Waals surface area contributed by atoms with Gasteiger partial charge in [0, 0.05) is 13.1 Å². The molecule has 1 heterocycles. The predicted octanol–water partition coefficient (Wildman–Crippen LogP) is 1.92. The number of hydrogen-bond acceptors (Lipinski definition) is 3. The normalized spacial score (nSPS) is 19.4. The minimum atomic E-state index is 0.831. The summed E-state index contributed by atoms with van der Waals surface area (Å²) in [6, 6.07) is 0. The largest absolute Gasteiger partial charge is 0.330 e. The fraction of sp³-hybridized carbons (Fsp3) is 1.00. The Morgan fingerprint density at radius 3 is 2.06 bits per heavy atom. The van der Waals surface area contributed by atoms with Gasteiger partial charge in [-0.25, -0.2) is 0 Å². The van der Waals surface area contributed by atoms with Crippen molar-refractivity contribution in [2.45, 2.75) is 45.4 Å². The van der Waals surface area contributed by atoms with Crippen molar-refractivity contribution in [1.29, 1.82) is 0 Å². The zero-order chi connectivity index (χ0) is 12.3. The van der Waals surface area contributed by atoms with Gasteiger partial charge in [-0.15, -0.1) is 0 Å². The van der Waals surface area contributed by atoms with Crippen molar-refractivity contribution in [2.24, 2.45) is 5.73 Å². The third kappa shape index (κ3) is 7.02. The summed E-state index contributed by atoms with van der Waals surface area (Å²) in [6.45, 7) is 10.7. The highest BCUT2D eigenvalue weighted by Crippen LogP contribution is 2.06. The molecule has 1 saturated heterocycles. The maximum Gasteiger partial charge on any atom is 0.0109 e. The fourth-order valence-electron chi connectivity index (χ4n) is 2.55. The van der Waals surface area contributed by atoms with Crippen molar-refractivity contribution >= 4 is 0 Å². The van der Waals surface area contributed by atoms with Crippen LogP contribution in [-0.4, -0.2) is 55.6 Å². The molecular formula is C14H31N3. The molecular weight excluding hydrogens is 210 g/mol. The van der Waals surface area contributed by atoms with Gasteiger partial charge in [-0.1, -0.05) is 26.2 Å². The van der Waals surface area contributed by atoms with E-state index >= 15 is 0 Å². The van der Waals surface area contributed by atoms with Gasteiger partial charge in [-0.05, 0) is 52.0 Å². The van der Waals surface area contributed by atoms with Crippen molar-refractivity contribution in [3.05, 3.63) is 0 Å². The maximum atomic E-state index is 5.57. The Kier molecular flexibility index (Phi) is 8.67. The van der Waals surface area contributed by atoms with Crippen molar-refractivity contribution in [2.75, 3.05) is 45.8 Å². The quantitative estimate of drug-likeness (QED) is 0.659. The van der Waals surface area contributed by atoms with E-state index in [9.17, 15) is 0 Å². The zero-order valence-corrected chi connectivity index (χ0v) is 11.7. The second-order valence-electron chi connectivity index (χ2n) is 5.24. The Bertz CT molecular complexity index is 173. The molecule has 0 bridgehead atoms. The standard InChI is InChI=1S/C14H31N3/c1-2-3-4-5-9-16-11-7-12-17(14-13-16)10-6-8-15/h2-15H2,1H3. The van der Waals surface area contributed by atoms with Crippen molar-refractivity contribution in [1.82, 2.24) is 9.80 Å². The van der Waals surface area contributed by atoms with E-state index in [2.05, 4.69) is 16.7 Å². The van der Waals surface area contributed by atoms with Crippen LogP contribution >= 0.6 is 0 Å². The van der Waals surface area contributed by atoms with Gasteiger partial charge >= 0.3 is 0 Å². The summed E-state index contributed by atoms with van der Waals surface area (Å²) in [6.07, 6.45) is 8.01.